The fraction of sp³-hybridized carbons (Fsp3) is 0.200. The third-order valence-corrected chi connectivity index (χ3v) is 4.05. The summed E-state index contributed by atoms with van der Waals surface area (Å²) in [5.74, 6) is 0.879. The number of hydrogen-bond donors (Lipinski definition) is 0. The maximum atomic E-state index is 13.8. The number of rotatable bonds is 5. The molecule has 0 radical (unpaired) electrons. The molecule has 0 heterocycles. The van der Waals surface area contributed by atoms with Crippen molar-refractivity contribution in [2.24, 2.45) is 0 Å². The summed E-state index contributed by atoms with van der Waals surface area (Å²) in [6.07, 6.45) is 0. The molecule has 0 unspecified atom stereocenters. The van der Waals surface area contributed by atoms with Gasteiger partial charge in [0.25, 0.3) is 0 Å². The monoisotopic (exact) mass is 402 g/mol. The third-order valence-electron chi connectivity index (χ3n) is 2.82. The lowest BCUT2D eigenvalue weighted by Gasteiger charge is -2.13. The highest BCUT2D eigenvalue weighted by Gasteiger charge is 2.10. The van der Waals surface area contributed by atoms with E-state index in [2.05, 4.69) is 31.9 Å². The van der Waals surface area contributed by atoms with E-state index in [1.807, 2.05) is 18.2 Å². The van der Waals surface area contributed by atoms with Gasteiger partial charge in [0.1, 0.15) is 23.9 Å². The van der Waals surface area contributed by atoms with Crippen LogP contribution >= 0.6 is 31.9 Å². The van der Waals surface area contributed by atoms with Gasteiger partial charge in [-0.3, -0.25) is 0 Å². The second-order valence-corrected chi connectivity index (χ2v) is 5.52. The van der Waals surface area contributed by atoms with Gasteiger partial charge in [-0.25, -0.2) is 4.39 Å². The molecule has 0 aliphatic heterocycles. The molecule has 0 N–H and O–H groups in total. The molecule has 0 aromatic heterocycles. The molecule has 0 fully saturated rings. The van der Waals surface area contributed by atoms with E-state index in [1.165, 1.54) is 13.2 Å². The zero-order chi connectivity index (χ0) is 14.5. The molecule has 2 nitrogen and oxygen atoms in total. The lowest BCUT2D eigenvalue weighted by Crippen LogP contribution is -2.01. The van der Waals surface area contributed by atoms with Crippen molar-refractivity contribution in [2.75, 3.05) is 7.11 Å². The molecular weight excluding hydrogens is 391 g/mol. The van der Waals surface area contributed by atoms with Crippen LogP contribution in [0.15, 0.2) is 40.9 Å². The van der Waals surface area contributed by atoms with Crippen LogP contribution < -0.4 is 9.47 Å². The van der Waals surface area contributed by atoms with Crippen molar-refractivity contribution in [3.8, 4) is 11.5 Å². The summed E-state index contributed by atoms with van der Waals surface area (Å²) in [6.45, 7) is 0.165. The van der Waals surface area contributed by atoms with Crippen molar-refractivity contribution in [3.05, 3.63) is 57.8 Å². The van der Waals surface area contributed by atoms with Gasteiger partial charge in [-0.05, 0) is 34.1 Å². The number of para-hydroxylation sites is 1. The van der Waals surface area contributed by atoms with Crippen molar-refractivity contribution in [1.82, 2.24) is 0 Å². The van der Waals surface area contributed by atoms with Crippen molar-refractivity contribution in [3.63, 3.8) is 0 Å². The van der Waals surface area contributed by atoms with Gasteiger partial charge in [0, 0.05) is 22.5 Å². The molecular formula is C15H13Br2FO2. The molecule has 0 atom stereocenters. The van der Waals surface area contributed by atoms with Crippen molar-refractivity contribution in [2.45, 2.75) is 11.9 Å². The molecule has 0 aliphatic carbocycles. The van der Waals surface area contributed by atoms with E-state index in [-0.39, 0.29) is 12.4 Å². The third kappa shape index (κ3) is 3.52. The second-order valence-electron chi connectivity index (χ2n) is 4.11. The summed E-state index contributed by atoms with van der Waals surface area (Å²) in [7, 11) is 1.51. The zero-order valence-corrected chi connectivity index (χ0v) is 14.0. The number of alkyl halides is 1. The fourth-order valence-corrected chi connectivity index (χ4v) is 2.71. The molecule has 0 saturated heterocycles. The average Bonchev–Trinajstić information content (AvgIpc) is 2.46. The minimum atomic E-state index is -0.336. The van der Waals surface area contributed by atoms with Crippen molar-refractivity contribution >= 4 is 31.9 Å². The van der Waals surface area contributed by atoms with Gasteiger partial charge in [0.15, 0.2) is 0 Å². The summed E-state index contributed by atoms with van der Waals surface area (Å²) >= 11 is 6.85. The smallest absolute Gasteiger partial charge is 0.138 e. The van der Waals surface area contributed by atoms with E-state index in [0.717, 1.165) is 15.8 Å². The van der Waals surface area contributed by atoms with Crippen LogP contribution in [0.4, 0.5) is 4.39 Å². The second kappa shape index (κ2) is 7.09. The molecule has 0 spiro atoms. The van der Waals surface area contributed by atoms with Crippen LogP contribution in [-0.2, 0) is 11.9 Å². The van der Waals surface area contributed by atoms with E-state index in [4.69, 9.17) is 9.47 Å². The normalized spacial score (nSPS) is 10.4. The Labute approximate surface area is 134 Å². The number of ether oxygens (including phenoxy) is 2. The quantitative estimate of drug-likeness (QED) is 0.648. The first-order chi connectivity index (χ1) is 9.65. The molecule has 2 aromatic rings. The van der Waals surface area contributed by atoms with Gasteiger partial charge in [0.05, 0.1) is 11.6 Å². The summed E-state index contributed by atoms with van der Waals surface area (Å²) in [5.41, 5.74) is 1.50. The van der Waals surface area contributed by atoms with Crippen LogP contribution in [0.1, 0.15) is 11.1 Å². The number of benzene rings is 2. The summed E-state index contributed by atoms with van der Waals surface area (Å²) in [4.78, 5) is 0. The summed E-state index contributed by atoms with van der Waals surface area (Å²) in [5, 5.41) is 0.673. The molecule has 0 bridgehead atoms. The average molecular weight is 404 g/mol. The minimum Gasteiger partial charge on any atom is -0.497 e. The van der Waals surface area contributed by atoms with E-state index in [1.54, 1.807) is 12.1 Å². The van der Waals surface area contributed by atoms with Gasteiger partial charge >= 0.3 is 0 Å². The van der Waals surface area contributed by atoms with Gasteiger partial charge < -0.3 is 9.47 Å². The Bertz CT molecular complexity index is 602. The van der Waals surface area contributed by atoms with E-state index in [9.17, 15) is 4.39 Å². The van der Waals surface area contributed by atoms with Crippen LogP contribution in [-0.4, -0.2) is 7.11 Å². The molecule has 0 aliphatic rings. The summed E-state index contributed by atoms with van der Waals surface area (Å²) in [6, 6.07) is 10.5. The molecule has 106 valence electrons. The Morgan fingerprint density at radius 2 is 1.95 bits per heavy atom. The zero-order valence-electron chi connectivity index (χ0n) is 10.8. The Morgan fingerprint density at radius 3 is 2.60 bits per heavy atom. The lowest BCUT2D eigenvalue weighted by molar-refractivity contribution is 0.295. The van der Waals surface area contributed by atoms with Crippen LogP contribution in [0.2, 0.25) is 0 Å². The number of hydrogen-bond acceptors (Lipinski definition) is 2. The highest BCUT2D eigenvalue weighted by molar-refractivity contribution is 9.10. The topological polar surface area (TPSA) is 18.5 Å². The van der Waals surface area contributed by atoms with Gasteiger partial charge in [-0.15, -0.1) is 0 Å². The number of halogens is 3. The van der Waals surface area contributed by atoms with E-state index >= 15 is 0 Å². The summed E-state index contributed by atoms with van der Waals surface area (Å²) < 4.78 is 25.4. The van der Waals surface area contributed by atoms with Crippen LogP contribution in [0.25, 0.3) is 0 Å². The largest absolute Gasteiger partial charge is 0.497 e. The first-order valence-electron chi connectivity index (χ1n) is 5.94. The van der Waals surface area contributed by atoms with Gasteiger partial charge in [-0.1, -0.05) is 28.1 Å². The van der Waals surface area contributed by atoms with Crippen LogP contribution in [0.3, 0.4) is 0 Å². The number of methoxy groups -OCH3 is 1. The Hall–Kier alpha value is -1.07. The molecule has 0 amide bonds. The molecule has 5 heteroatoms. The fourth-order valence-electron chi connectivity index (χ4n) is 1.74. The van der Waals surface area contributed by atoms with Crippen LogP contribution in [0.5, 0.6) is 11.5 Å². The molecule has 2 aromatic carbocycles. The van der Waals surface area contributed by atoms with E-state index in [0.29, 0.717) is 16.6 Å². The minimum absolute atomic E-state index is 0.165. The maximum Gasteiger partial charge on any atom is 0.138 e. The molecule has 20 heavy (non-hydrogen) atoms. The van der Waals surface area contributed by atoms with Gasteiger partial charge in [0.2, 0.25) is 0 Å². The van der Waals surface area contributed by atoms with Crippen LogP contribution in [0, 0.1) is 5.82 Å². The maximum absolute atomic E-state index is 13.8. The molecule has 0 saturated carbocycles. The van der Waals surface area contributed by atoms with Crippen molar-refractivity contribution in [1.29, 1.82) is 0 Å². The first-order valence-corrected chi connectivity index (χ1v) is 7.85. The standard InChI is InChI=1S/C15H13Br2FO2/c1-19-12-6-5-11(14(18)7-12)9-20-15-10(8-16)3-2-4-13(15)17/h2-7H,8-9H2,1H3. The van der Waals surface area contributed by atoms with Gasteiger partial charge in [-0.2, -0.15) is 0 Å². The predicted octanol–water partition coefficient (Wildman–Crippen LogP) is 5.07. The SMILES string of the molecule is COc1ccc(COc2c(Br)cccc2CBr)c(F)c1. The predicted molar refractivity (Wildman–Crippen MR) is 84.1 cm³/mol. The Morgan fingerprint density at radius 1 is 1.15 bits per heavy atom. The Balaban J connectivity index is 2.17. The lowest BCUT2D eigenvalue weighted by atomic mass is 10.2. The highest BCUT2D eigenvalue weighted by atomic mass is 79.9. The first kappa shape index (κ1) is 15.3. The van der Waals surface area contributed by atoms with Crippen molar-refractivity contribution < 1.29 is 13.9 Å². The Kier molecular flexibility index (Phi) is 5.43. The molecule has 2 rings (SSSR count). The van der Waals surface area contributed by atoms with E-state index < -0.39 is 0 Å². The highest BCUT2D eigenvalue weighted by Crippen LogP contribution is 2.31.